The van der Waals surface area contributed by atoms with Crippen molar-refractivity contribution in [1.29, 1.82) is 0 Å². The van der Waals surface area contributed by atoms with Gasteiger partial charge in [0.05, 0.1) is 0 Å². The van der Waals surface area contributed by atoms with Gasteiger partial charge < -0.3 is 10.1 Å². The van der Waals surface area contributed by atoms with Gasteiger partial charge >= 0.3 is 5.97 Å². The van der Waals surface area contributed by atoms with Gasteiger partial charge in [0.25, 0.3) is 0 Å². The van der Waals surface area contributed by atoms with Gasteiger partial charge in [0.2, 0.25) is 6.41 Å². The van der Waals surface area contributed by atoms with Crippen LogP contribution in [0, 0.1) is 0 Å². The van der Waals surface area contributed by atoms with Crippen LogP contribution < -0.4 is 5.32 Å². The summed E-state index contributed by atoms with van der Waals surface area (Å²) in [6.45, 7) is 1.77. The minimum absolute atomic E-state index is 0.131. The number of hydrogen-bond donors (Lipinski definition) is 1. The van der Waals surface area contributed by atoms with Crippen LogP contribution in [0.4, 0.5) is 0 Å². The van der Waals surface area contributed by atoms with Gasteiger partial charge in [-0.3, -0.25) is 4.79 Å². The number of esters is 1. The average molecular weight is 183 g/mol. The van der Waals surface area contributed by atoms with Crippen LogP contribution in [0.25, 0.3) is 0 Å². The Balaban J connectivity index is 2.19. The molecule has 0 aromatic carbocycles. The van der Waals surface area contributed by atoms with E-state index in [-0.39, 0.29) is 18.1 Å². The molecule has 1 saturated carbocycles. The molecule has 13 heavy (non-hydrogen) atoms. The number of carbonyl (C=O) groups is 2. The van der Waals surface area contributed by atoms with Crippen LogP contribution in [0.2, 0.25) is 0 Å². The molecular weight excluding hydrogens is 170 g/mol. The smallest absolute Gasteiger partial charge is 0.330 e. The van der Waals surface area contributed by atoms with E-state index in [0.29, 0.717) is 6.41 Å². The molecule has 4 heteroatoms. The van der Waals surface area contributed by atoms with Crippen molar-refractivity contribution in [1.82, 2.24) is 5.32 Å². The minimum atomic E-state index is -0.331. The molecule has 1 amide bonds. The SMILES string of the molecule is CC(/C=C/C(=O)OC1CC1)NC=O. The summed E-state index contributed by atoms with van der Waals surface area (Å²) in [7, 11) is 0. The molecule has 1 aliphatic carbocycles. The molecule has 1 aliphatic rings. The summed E-state index contributed by atoms with van der Waals surface area (Å²) in [6.07, 6.45) is 5.62. The summed E-state index contributed by atoms with van der Waals surface area (Å²) < 4.78 is 4.95. The number of nitrogens with one attached hydrogen (secondary N) is 1. The fourth-order valence-electron chi connectivity index (χ4n) is 0.775. The summed E-state index contributed by atoms with van der Waals surface area (Å²) in [5, 5.41) is 2.49. The van der Waals surface area contributed by atoms with Crippen molar-refractivity contribution < 1.29 is 14.3 Å². The monoisotopic (exact) mass is 183 g/mol. The first-order valence-corrected chi connectivity index (χ1v) is 4.31. The predicted molar refractivity (Wildman–Crippen MR) is 46.9 cm³/mol. The molecule has 0 heterocycles. The van der Waals surface area contributed by atoms with Crippen LogP contribution in [0.15, 0.2) is 12.2 Å². The topological polar surface area (TPSA) is 55.4 Å². The van der Waals surface area contributed by atoms with Crippen molar-refractivity contribution in [3.63, 3.8) is 0 Å². The fourth-order valence-corrected chi connectivity index (χ4v) is 0.775. The second-order valence-corrected chi connectivity index (χ2v) is 3.07. The predicted octanol–water partition coefficient (Wildman–Crippen LogP) is 0.383. The zero-order valence-electron chi connectivity index (χ0n) is 7.53. The van der Waals surface area contributed by atoms with Crippen LogP contribution in [0.1, 0.15) is 19.8 Å². The van der Waals surface area contributed by atoms with Crippen LogP contribution >= 0.6 is 0 Å². The highest BCUT2D eigenvalue weighted by molar-refractivity contribution is 5.82. The number of rotatable bonds is 5. The average Bonchev–Trinajstić information content (AvgIpc) is 2.85. The lowest BCUT2D eigenvalue weighted by Crippen LogP contribution is -2.22. The highest BCUT2D eigenvalue weighted by Crippen LogP contribution is 2.23. The molecule has 0 aromatic rings. The highest BCUT2D eigenvalue weighted by atomic mass is 16.5. The van der Waals surface area contributed by atoms with Gasteiger partial charge in [-0.05, 0) is 19.8 Å². The summed E-state index contributed by atoms with van der Waals surface area (Å²) in [4.78, 5) is 21.0. The van der Waals surface area contributed by atoms with E-state index in [2.05, 4.69) is 5.32 Å². The van der Waals surface area contributed by atoms with Crippen molar-refractivity contribution in [2.45, 2.75) is 31.9 Å². The molecule has 1 unspecified atom stereocenters. The van der Waals surface area contributed by atoms with Crippen molar-refractivity contribution in [3.8, 4) is 0 Å². The molecule has 0 aromatic heterocycles. The maximum absolute atomic E-state index is 11.0. The summed E-state index contributed by atoms with van der Waals surface area (Å²) >= 11 is 0. The zero-order chi connectivity index (χ0) is 9.68. The number of amides is 1. The minimum Gasteiger partial charge on any atom is -0.459 e. The highest BCUT2D eigenvalue weighted by Gasteiger charge is 2.24. The molecule has 0 bridgehead atoms. The van der Waals surface area contributed by atoms with Crippen LogP contribution in [0.3, 0.4) is 0 Å². The van der Waals surface area contributed by atoms with Crippen molar-refractivity contribution >= 4 is 12.4 Å². The van der Waals surface area contributed by atoms with E-state index < -0.39 is 0 Å². The maximum Gasteiger partial charge on any atom is 0.330 e. The Morgan fingerprint density at radius 1 is 1.62 bits per heavy atom. The van der Waals surface area contributed by atoms with Gasteiger partial charge in [-0.2, -0.15) is 0 Å². The summed E-state index contributed by atoms with van der Waals surface area (Å²) in [5.41, 5.74) is 0. The first kappa shape index (κ1) is 9.77. The number of carbonyl (C=O) groups excluding carboxylic acids is 2. The van der Waals surface area contributed by atoms with Crippen LogP contribution in [-0.2, 0) is 14.3 Å². The first-order chi connectivity index (χ1) is 6.22. The van der Waals surface area contributed by atoms with Crippen molar-refractivity contribution in [2.75, 3.05) is 0 Å². The lowest BCUT2D eigenvalue weighted by Gasteiger charge is -2.02. The lowest BCUT2D eigenvalue weighted by molar-refractivity contribution is -0.138. The molecule has 0 aliphatic heterocycles. The molecule has 4 nitrogen and oxygen atoms in total. The molecule has 1 fully saturated rings. The van der Waals surface area contributed by atoms with E-state index in [1.807, 2.05) is 0 Å². The maximum atomic E-state index is 11.0. The summed E-state index contributed by atoms with van der Waals surface area (Å²) in [6, 6.07) is -0.135. The van der Waals surface area contributed by atoms with Gasteiger partial charge in [-0.1, -0.05) is 6.08 Å². The quantitative estimate of drug-likeness (QED) is 0.381. The van der Waals surface area contributed by atoms with Crippen molar-refractivity contribution in [3.05, 3.63) is 12.2 Å². The summed E-state index contributed by atoms with van der Waals surface area (Å²) in [5.74, 6) is -0.331. The Bertz CT molecular complexity index is 221. The van der Waals surface area contributed by atoms with E-state index in [0.717, 1.165) is 12.8 Å². The Kier molecular flexibility index (Phi) is 3.49. The Morgan fingerprint density at radius 3 is 2.85 bits per heavy atom. The van der Waals surface area contributed by atoms with Gasteiger partial charge in [-0.15, -0.1) is 0 Å². The molecule has 0 saturated heterocycles. The Labute approximate surface area is 76.9 Å². The lowest BCUT2D eigenvalue weighted by atomic mass is 10.3. The Morgan fingerprint density at radius 2 is 2.31 bits per heavy atom. The van der Waals surface area contributed by atoms with Gasteiger partial charge in [0.1, 0.15) is 6.10 Å². The zero-order valence-corrected chi connectivity index (χ0v) is 7.53. The molecular formula is C9H13NO3. The molecule has 1 rings (SSSR count). The van der Waals surface area contributed by atoms with E-state index in [1.165, 1.54) is 6.08 Å². The number of ether oxygens (including phenoxy) is 1. The van der Waals surface area contributed by atoms with E-state index in [1.54, 1.807) is 13.0 Å². The Hall–Kier alpha value is -1.32. The first-order valence-electron chi connectivity index (χ1n) is 4.31. The van der Waals surface area contributed by atoms with E-state index >= 15 is 0 Å². The van der Waals surface area contributed by atoms with Crippen LogP contribution in [-0.4, -0.2) is 24.5 Å². The van der Waals surface area contributed by atoms with E-state index in [9.17, 15) is 9.59 Å². The molecule has 0 radical (unpaired) electrons. The normalized spacial score (nSPS) is 18.2. The third-order valence-electron chi connectivity index (χ3n) is 1.66. The molecule has 72 valence electrons. The number of hydrogen-bond acceptors (Lipinski definition) is 3. The fraction of sp³-hybridized carbons (Fsp3) is 0.556. The largest absolute Gasteiger partial charge is 0.459 e. The third kappa shape index (κ3) is 4.30. The third-order valence-corrected chi connectivity index (χ3v) is 1.66. The van der Waals surface area contributed by atoms with Crippen LogP contribution in [0.5, 0.6) is 0 Å². The molecule has 1 N–H and O–H groups in total. The standard InChI is InChI=1S/C9H13NO3/c1-7(10-6-11)2-5-9(12)13-8-3-4-8/h2,5-8H,3-4H2,1H3,(H,10,11)/b5-2+. The molecule has 1 atom stereocenters. The second kappa shape index (κ2) is 4.64. The van der Waals surface area contributed by atoms with Gasteiger partial charge in [-0.25, -0.2) is 4.79 Å². The van der Waals surface area contributed by atoms with E-state index in [4.69, 9.17) is 4.74 Å². The second-order valence-electron chi connectivity index (χ2n) is 3.07. The van der Waals surface area contributed by atoms with Crippen molar-refractivity contribution in [2.24, 2.45) is 0 Å². The molecule has 0 spiro atoms. The van der Waals surface area contributed by atoms with Gasteiger partial charge in [0.15, 0.2) is 0 Å². The van der Waals surface area contributed by atoms with Gasteiger partial charge in [0, 0.05) is 12.1 Å².